The van der Waals surface area contributed by atoms with Crippen molar-refractivity contribution in [3.05, 3.63) is 29.8 Å². The van der Waals surface area contributed by atoms with E-state index in [2.05, 4.69) is 15.5 Å². The molecule has 0 saturated carbocycles. The molecule has 2 rings (SSSR count). The number of hydrogen-bond acceptors (Lipinski definition) is 7. The van der Waals surface area contributed by atoms with Crippen molar-refractivity contribution in [1.82, 2.24) is 10.2 Å². The van der Waals surface area contributed by atoms with Crippen LogP contribution in [0.1, 0.15) is 23.7 Å². The average Bonchev–Trinajstić information content (AvgIpc) is 3.00. The van der Waals surface area contributed by atoms with Gasteiger partial charge in [0.2, 0.25) is 11.0 Å². The van der Waals surface area contributed by atoms with E-state index in [1.807, 2.05) is 0 Å². The highest BCUT2D eigenvalue weighted by atomic mass is 32.2. The van der Waals surface area contributed by atoms with Gasteiger partial charge in [-0.25, -0.2) is 0 Å². The van der Waals surface area contributed by atoms with Crippen LogP contribution in [0.15, 0.2) is 28.6 Å². The molecule has 0 aliphatic carbocycles. The number of hydrogen-bond donors (Lipinski definition) is 1. The van der Waals surface area contributed by atoms with Crippen molar-refractivity contribution in [2.45, 2.75) is 17.7 Å². The van der Waals surface area contributed by atoms with Crippen LogP contribution >= 0.6 is 23.1 Å². The number of amides is 1. The zero-order valence-corrected chi connectivity index (χ0v) is 13.8. The Morgan fingerprint density at radius 3 is 2.64 bits per heavy atom. The molecule has 0 saturated heterocycles. The Bertz CT molecular complexity index is 656. The maximum atomic E-state index is 12.1. The van der Waals surface area contributed by atoms with Gasteiger partial charge in [0.15, 0.2) is 10.1 Å². The summed E-state index contributed by atoms with van der Waals surface area (Å²) >= 11 is 2.56. The smallest absolute Gasteiger partial charge is 0.225 e. The summed E-state index contributed by atoms with van der Waals surface area (Å²) in [7, 11) is 1.58. The van der Waals surface area contributed by atoms with Crippen LogP contribution in [0.2, 0.25) is 0 Å². The number of methoxy groups -OCH3 is 1. The molecule has 116 valence electrons. The molecule has 2 aromatic rings. The van der Waals surface area contributed by atoms with Gasteiger partial charge < -0.3 is 10.1 Å². The third-order valence-electron chi connectivity index (χ3n) is 2.71. The second-order valence-electron chi connectivity index (χ2n) is 4.22. The van der Waals surface area contributed by atoms with Gasteiger partial charge in [0.1, 0.15) is 5.75 Å². The Labute approximate surface area is 136 Å². The van der Waals surface area contributed by atoms with Gasteiger partial charge in [0, 0.05) is 12.0 Å². The van der Waals surface area contributed by atoms with Crippen LogP contribution < -0.4 is 10.1 Å². The molecular formula is C14H15N3O3S2. The molecule has 1 aromatic heterocycles. The standard InChI is InChI=1S/C14H15N3O3S2/c1-3-12(19)15-13-16-17-14(22-13)21-8-11(18)9-4-6-10(20-2)7-5-9/h4-7H,3,8H2,1-2H3,(H,15,16,19). The van der Waals surface area contributed by atoms with Gasteiger partial charge in [-0.2, -0.15) is 0 Å². The predicted octanol–water partition coefficient (Wildman–Crippen LogP) is 2.87. The van der Waals surface area contributed by atoms with Gasteiger partial charge in [0.05, 0.1) is 12.9 Å². The van der Waals surface area contributed by atoms with E-state index >= 15 is 0 Å². The highest BCUT2D eigenvalue weighted by molar-refractivity contribution is 8.01. The van der Waals surface area contributed by atoms with Crippen molar-refractivity contribution in [2.24, 2.45) is 0 Å². The van der Waals surface area contributed by atoms with Crippen molar-refractivity contribution in [3.63, 3.8) is 0 Å². The molecule has 0 fully saturated rings. The van der Waals surface area contributed by atoms with Gasteiger partial charge >= 0.3 is 0 Å². The second-order valence-corrected chi connectivity index (χ2v) is 6.42. The lowest BCUT2D eigenvalue weighted by molar-refractivity contribution is -0.115. The third kappa shape index (κ3) is 4.54. The van der Waals surface area contributed by atoms with E-state index in [1.54, 1.807) is 38.3 Å². The zero-order chi connectivity index (χ0) is 15.9. The monoisotopic (exact) mass is 337 g/mol. The van der Waals surface area contributed by atoms with Gasteiger partial charge in [-0.1, -0.05) is 30.0 Å². The van der Waals surface area contributed by atoms with E-state index < -0.39 is 0 Å². The number of benzene rings is 1. The number of aromatic nitrogens is 2. The normalized spacial score (nSPS) is 10.3. The van der Waals surface area contributed by atoms with Crippen LogP contribution in [0.5, 0.6) is 5.75 Å². The van der Waals surface area contributed by atoms with Crippen LogP contribution in [-0.4, -0.2) is 34.8 Å². The van der Waals surface area contributed by atoms with Gasteiger partial charge in [-0.3, -0.25) is 9.59 Å². The summed E-state index contributed by atoms with van der Waals surface area (Å²) in [5.74, 6) is 0.872. The van der Waals surface area contributed by atoms with E-state index in [9.17, 15) is 9.59 Å². The van der Waals surface area contributed by atoms with Crippen molar-refractivity contribution in [1.29, 1.82) is 0 Å². The highest BCUT2D eigenvalue weighted by Gasteiger charge is 2.11. The molecule has 0 radical (unpaired) electrons. The first-order valence-corrected chi connectivity index (χ1v) is 8.36. The summed E-state index contributed by atoms with van der Waals surface area (Å²) in [6.07, 6.45) is 0.387. The fraction of sp³-hybridized carbons (Fsp3) is 0.286. The quantitative estimate of drug-likeness (QED) is 0.475. The lowest BCUT2D eigenvalue weighted by Crippen LogP contribution is -2.08. The minimum Gasteiger partial charge on any atom is -0.497 e. The van der Waals surface area contributed by atoms with Crippen molar-refractivity contribution >= 4 is 39.9 Å². The van der Waals surface area contributed by atoms with Crippen LogP contribution in [0, 0.1) is 0 Å². The number of carbonyl (C=O) groups excluding carboxylic acids is 2. The summed E-state index contributed by atoms with van der Waals surface area (Å²) in [5.41, 5.74) is 0.623. The number of ether oxygens (including phenoxy) is 1. The minimum absolute atomic E-state index is 0.00185. The summed E-state index contributed by atoms with van der Waals surface area (Å²) in [5, 5.41) is 10.9. The summed E-state index contributed by atoms with van der Waals surface area (Å²) < 4.78 is 5.70. The lowest BCUT2D eigenvalue weighted by atomic mass is 10.1. The number of rotatable bonds is 7. The van der Waals surface area contributed by atoms with Crippen molar-refractivity contribution in [2.75, 3.05) is 18.2 Å². The van der Waals surface area contributed by atoms with E-state index in [4.69, 9.17) is 4.74 Å². The molecule has 0 spiro atoms. The maximum absolute atomic E-state index is 12.1. The number of ketones is 1. The lowest BCUT2D eigenvalue weighted by Gasteiger charge is -2.01. The molecule has 0 unspecified atom stereocenters. The molecule has 1 aromatic carbocycles. The first-order chi connectivity index (χ1) is 10.6. The Morgan fingerprint density at radius 1 is 1.27 bits per heavy atom. The predicted molar refractivity (Wildman–Crippen MR) is 86.9 cm³/mol. The van der Waals surface area contributed by atoms with Crippen LogP contribution in [0.3, 0.4) is 0 Å². The molecular weight excluding hydrogens is 322 g/mol. The average molecular weight is 337 g/mol. The zero-order valence-electron chi connectivity index (χ0n) is 12.2. The van der Waals surface area contributed by atoms with Gasteiger partial charge in [-0.15, -0.1) is 10.2 Å². The first-order valence-electron chi connectivity index (χ1n) is 6.55. The first kappa shape index (κ1) is 16.4. The molecule has 8 heteroatoms. The van der Waals surface area contributed by atoms with Gasteiger partial charge in [0.25, 0.3) is 0 Å². The van der Waals surface area contributed by atoms with Crippen LogP contribution in [0.4, 0.5) is 5.13 Å². The molecule has 22 heavy (non-hydrogen) atoms. The van der Waals surface area contributed by atoms with Crippen LogP contribution in [-0.2, 0) is 4.79 Å². The summed E-state index contributed by atoms with van der Waals surface area (Å²) in [4.78, 5) is 23.3. The Balaban J connectivity index is 1.89. The van der Waals surface area contributed by atoms with Crippen molar-refractivity contribution in [3.8, 4) is 5.75 Å². The SMILES string of the molecule is CCC(=O)Nc1nnc(SCC(=O)c2ccc(OC)cc2)s1. The molecule has 1 amide bonds. The van der Waals surface area contributed by atoms with E-state index in [1.165, 1.54) is 23.1 Å². The number of carbonyl (C=O) groups is 2. The highest BCUT2D eigenvalue weighted by Crippen LogP contribution is 2.26. The Morgan fingerprint density at radius 2 is 2.00 bits per heavy atom. The molecule has 0 aliphatic rings. The summed E-state index contributed by atoms with van der Waals surface area (Å²) in [6, 6.07) is 6.96. The molecule has 1 N–H and O–H groups in total. The second kappa shape index (κ2) is 7.90. The third-order valence-corrected chi connectivity index (χ3v) is 4.68. The summed E-state index contributed by atoms with van der Waals surface area (Å²) in [6.45, 7) is 1.76. The molecule has 0 bridgehead atoms. The number of thioether (sulfide) groups is 1. The minimum atomic E-state index is -0.109. The number of nitrogens with zero attached hydrogens (tertiary/aromatic N) is 2. The van der Waals surface area contributed by atoms with E-state index in [0.29, 0.717) is 27.2 Å². The van der Waals surface area contributed by atoms with Gasteiger partial charge in [-0.05, 0) is 24.3 Å². The topological polar surface area (TPSA) is 81.2 Å². The number of anilines is 1. The number of Topliss-reactive ketones (excluding diaryl/α,β-unsaturated/α-hetero) is 1. The Kier molecular flexibility index (Phi) is 5.91. The largest absolute Gasteiger partial charge is 0.497 e. The van der Waals surface area contributed by atoms with E-state index in [-0.39, 0.29) is 17.4 Å². The Hall–Kier alpha value is -1.93. The van der Waals surface area contributed by atoms with Crippen molar-refractivity contribution < 1.29 is 14.3 Å². The molecule has 1 heterocycles. The fourth-order valence-electron chi connectivity index (χ4n) is 1.51. The maximum Gasteiger partial charge on any atom is 0.225 e. The fourth-order valence-corrected chi connectivity index (χ4v) is 3.18. The molecule has 0 aliphatic heterocycles. The van der Waals surface area contributed by atoms with Crippen LogP contribution in [0.25, 0.3) is 0 Å². The molecule has 6 nitrogen and oxygen atoms in total. The molecule has 0 atom stereocenters. The number of nitrogens with one attached hydrogen (secondary N) is 1. The van der Waals surface area contributed by atoms with E-state index in [0.717, 1.165) is 0 Å².